The number of nitrogens with one attached hydrogen (secondary N) is 2. The molecule has 4 heteroatoms. The molecule has 1 aromatic heterocycles. The number of hydrogen-bond donors (Lipinski definition) is 2. The molecule has 0 atom stereocenters. The van der Waals surface area contributed by atoms with E-state index in [-0.39, 0.29) is 5.91 Å². The summed E-state index contributed by atoms with van der Waals surface area (Å²) in [5, 5.41) is 6.15. The Labute approximate surface area is 141 Å². The van der Waals surface area contributed by atoms with Gasteiger partial charge in [0.1, 0.15) is 0 Å². The van der Waals surface area contributed by atoms with E-state index >= 15 is 0 Å². The summed E-state index contributed by atoms with van der Waals surface area (Å²) in [5.74, 6) is -0.123. The van der Waals surface area contributed by atoms with Crippen LogP contribution in [0.25, 0.3) is 11.1 Å². The fraction of sp³-hybridized carbons (Fsp3) is 0.100. The van der Waals surface area contributed by atoms with Gasteiger partial charge in [-0.25, -0.2) is 0 Å². The molecule has 0 radical (unpaired) electrons. The van der Waals surface area contributed by atoms with E-state index in [0.29, 0.717) is 5.56 Å². The summed E-state index contributed by atoms with van der Waals surface area (Å²) in [7, 11) is 0. The van der Waals surface area contributed by atoms with Crippen LogP contribution >= 0.6 is 0 Å². The Balaban J connectivity index is 1.75. The molecule has 120 valence electrons. The lowest BCUT2D eigenvalue weighted by molar-refractivity contribution is 0.102. The molecule has 0 fully saturated rings. The van der Waals surface area contributed by atoms with Gasteiger partial charge in [-0.2, -0.15) is 0 Å². The largest absolute Gasteiger partial charge is 0.385 e. The van der Waals surface area contributed by atoms with Crippen LogP contribution in [-0.2, 0) is 0 Å². The van der Waals surface area contributed by atoms with Crippen molar-refractivity contribution in [3.05, 3.63) is 78.6 Å². The number of anilines is 2. The van der Waals surface area contributed by atoms with Crippen molar-refractivity contribution in [1.82, 2.24) is 4.98 Å². The van der Waals surface area contributed by atoms with E-state index in [1.54, 1.807) is 12.4 Å². The Morgan fingerprint density at radius 3 is 2.33 bits per heavy atom. The molecule has 4 nitrogen and oxygen atoms in total. The molecular formula is C20H19N3O. The van der Waals surface area contributed by atoms with Crippen molar-refractivity contribution < 1.29 is 4.79 Å². The number of nitrogens with zero attached hydrogens (tertiary/aromatic N) is 1. The lowest BCUT2D eigenvalue weighted by atomic mass is 10.0. The van der Waals surface area contributed by atoms with Crippen molar-refractivity contribution in [1.29, 1.82) is 0 Å². The van der Waals surface area contributed by atoms with Gasteiger partial charge in [0.2, 0.25) is 0 Å². The maximum absolute atomic E-state index is 12.5. The van der Waals surface area contributed by atoms with Crippen LogP contribution in [0.4, 0.5) is 11.4 Å². The Morgan fingerprint density at radius 1 is 0.917 bits per heavy atom. The number of hydrogen-bond acceptors (Lipinski definition) is 3. The average molecular weight is 317 g/mol. The van der Waals surface area contributed by atoms with E-state index in [1.165, 1.54) is 0 Å². The molecule has 0 aliphatic heterocycles. The van der Waals surface area contributed by atoms with E-state index in [2.05, 4.69) is 15.6 Å². The van der Waals surface area contributed by atoms with E-state index in [4.69, 9.17) is 0 Å². The van der Waals surface area contributed by atoms with Gasteiger partial charge in [0.05, 0.1) is 0 Å². The van der Waals surface area contributed by atoms with Crippen molar-refractivity contribution in [2.75, 3.05) is 17.2 Å². The van der Waals surface area contributed by atoms with Gasteiger partial charge in [0.25, 0.3) is 5.91 Å². The van der Waals surface area contributed by atoms with Crippen LogP contribution in [-0.4, -0.2) is 17.4 Å². The van der Waals surface area contributed by atoms with E-state index in [9.17, 15) is 4.79 Å². The van der Waals surface area contributed by atoms with E-state index < -0.39 is 0 Å². The van der Waals surface area contributed by atoms with Crippen LogP contribution in [0.2, 0.25) is 0 Å². The molecule has 3 aromatic rings. The third-order valence-corrected chi connectivity index (χ3v) is 3.66. The molecule has 2 N–H and O–H groups in total. The molecular weight excluding hydrogens is 298 g/mol. The second-order valence-corrected chi connectivity index (χ2v) is 5.38. The number of pyridine rings is 1. The maximum atomic E-state index is 12.5. The number of aromatic nitrogens is 1. The van der Waals surface area contributed by atoms with Crippen LogP contribution in [0.5, 0.6) is 0 Å². The zero-order chi connectivity index (χ0) is 16.8. The van der Waals surface area contributed by atoms with Gasteiger partial charge in [-0.3, -0.25) is 9.78 Å². The van der Waals surface area contributed by atoms with Crippen molar-refractivity contribution in [2.24, 2.45) is 0 Å². The van der Waals surface area contributed by atoms with E-state index in [1.807, 2.05) is 67.6 Å². The minimum Gasteiger partial charge on any atom is -0.385 e. The molecule has 0 aliphatic rings. The first kappa shape index (κ1) is 15.7. The second-order valence-electron chi connectivity index (χ2n) is 5.38. The third kappa shape index (κ3) is 3.79. The van der Waals surface area contributed by atoms with Crippen molar-refractivity contribution in [3.63, 3.8) is 0 Å². The Hall–Kier alpha value is -3.14. The minimum absolute atomic E-state index is 0.123. The normalized spacial score (nSPS) is 10.2. The van der Waals surface area contributed by atoms with Gasteiger partial charge in [-0.15, -0.1) is 0 Å². The predicted octanol–water partition coefficient (Wildman–Crippen LogP) is 4.43. The molecule has 0 aliphatic carbocycles. The topological polar surface area (TPSA) is 54.0 Å². The molecule has 0 bridgehead atoms. The second kappa shape index (κ2) is 7.42. The molecule has 0 unspecified atom stereocenters. The van der Waals surface area contributed by atoms with Gasteiger partial charge in [-0.1, -0.05) is 12.1 Å². The quantitative estimate of drug-likeness (QED) is 0.732. The van der Waals surface area contributed by atoms with Crippen LogP contribution in [0.15, 0.2) is 73.1 Å². The molecule has 0 saturated heterocycles. The van der Waals surface area contributed by atoms with Gasteiger partial charge in [0.15, 0.2) is 0 Å². The number of carbonyl (C=O) groups is 1. The zero-order valence-electron chi connectivity index (χ0n) is 13.5. The number of benzene rings is 2. The van der Waals surface area contributed by atoms with Crippen LogP contribution < -0.4 is 10.6 Å². The zero-order valence-corrected chi connectivity index (χ0v) is 13.5. The molecule has 1 heterocycles. The summed E-state index contributed by atoms with van der Waals surface area (Å²) in [5.41, 5.74) is 4.47. The smallest absolute Gasteiger partial charge is 0.255 e. The van der Waals surface area contributed by atoms with Crippen LogP contribution in [0.1, 0.15) is 17.3 Å². The fourth-order valence-corrected chi connectivity index (χ4v) is 2.46. The average Bonchev–Trinajstić information content (AvgIpc) is 2.64. The maximum Gasteiger partial charge on any atom is 0.255 e. The SMILES string of the molecule is CCNc1ccc(NC(=O)c2cccc(-c3ccncc3)c2)cc1. The lowest BCUT2D eigenvalue weighted by Gasteiger charge is -2.08. The molecule has 0 saturated carbocycles. The van der Waals surface area contributed by atoms with Gasteiger partial charge in [0, 0.05) is 35.9 Å². The highest BCUT2D eigenvalue weighted by molar-refractivity contribution is 6.05. The van der Waals surface area contributed by atoms with Crippen molar-refractivity contribution >= 4 is 17.3 Å². The van der Waals surface area contributed by atoms with Gasteiger partial charge in [-0.05, 0) is 66.6 Å². The Bertz CT molecular complexity index is 814. The standard InChI is InChI=1S/C20H19N3O/c1-2-22-18-6-8-19(9-7-18)23-20(24)17-5-3-4-16(14-17)15-10-12-21-13-11-15/h3-14,22H,2H2,1H3,(H,23,24). The fourth-order valence-electron chi connectivity index (χ4n) is 2.46. The molecule has 1 amide bonds. The molecule has 24 heavy (non-hydrogen) atoms. The molecule has 0 spiro atoms. The van der Waals surface area contributed by atoms with Crippen LogP contribution in [0.3, 0.4) is 0 Å². The van der Waals surface area contributed by atoms with Crippen LogP contribution in [0, 0.1) is 0 Å². The highest BCUT2D eigenvalue weighted by atomic mass is 16.1. The first-order valence-electron chi connectivity index (χ1n) is 7.92. The number of carbonyl (C=O) groups excluding carboxylic acids is 1. The molecule has 3 rings (SSSR count). The van der Waals surface area contributed by atoms with Gasteiger partial charge < -0.3 is 10.6 Å². The number of amides is 1. The third-order valence-electron chi connectivity index (χ3n) is 3.66. The van der Waals surface area contributed by atoms with E-state index in [0.717, 1.165) is 29.0 Å². The summed E-state index contributed by atoms with van der Waals surface area (Å²) < 4.78 is 0. The minimum atomic E-state index is -0.123. The summed E-state index contributed by atoms with van der Waals surface area (Å²) in [6.07, 6.45) is 3.49. The summed E-state index contributed by atoms with van der Waals surface area (Å²) >= 11 is 0. The summed E-state index contributed by atoms with van der Waals surface area (Å²) in [6, 6.07) is 19.1. The lowest BCUT2D eigenvalue weighted by Crippen LogP contribution is -2.11. The first-order chi connectivity index (χ1) is 11.8. The molecule has 2 aromatic carbocycles. The highest BCUT2D eigenvalue weighted by Crippen LogP contribution is 2.20. The summed E-state index contributed by atoms with van der Waals surface area (Å²) in [4.78, 5) is 16.5. The Morgan fingerprint density at radius 2 is 1.62 bits per heavy atom. The van der Waals surface area contributed by atoms with Crippen molar-refractivity contribution in [3.8, 4) is 11.1 Å². The highest BCUT2D eigenvalue weighted by Gasteiger charge is 2.07. The Kier molecular flexibility index (Phi) is 4.87. The summed E-state index contributed by atoms with van der Waals surface area (Å²) in [6.45, 7) is 2.92. The predicted molar refractivity (Wildman–Crippen MR) is 98.2 cm³/mol. The number of rotatable bonds is 5. The van der Waals surface area contributed by atoms with Gasteiger partial charge >= 0.3 is 0 Å². The monoisotopic (exact) mass is 317 g/mol. The first-order valence-corrected chi connectivity index (χ1v) is 7.92. The van der Waals surface area contributed by atoms with Crippen molar-refractivity contribution in [2.45, 2.75) is 6.92 Å².